The van der Waals surface area contributed by atoms with Crippen molar-refractivity contribution in [2.24, 2.45) is 7.05 Å². The first-order valence-electron chi connectivity index (χ1n) is 19.2. The third-order valence-corrected chi connectivity index (χ3v) is 10.6. The predicted molar refractivity (Wildman–Crippen MR) is 228 cm³/mol. The molecule has 0 atom stereocenters. The molecule has 290 valence electrons. The summed E-state index contributed by atoms with van der Waals surface area (Å²) in [5.41, 5.74) is 8.71. The zero-order chi connectivity index (χ0) is 40.3. The molecule has 8 rings (SSSR count). The number of imidazole rings is 1. The van der Waals surface area contributed by atoms with Crippen molar-refractivity contribution >= 4 is 45.1 Å². The Hall–Kier alpha value is -7.11. The van der Waals surface area contributed by atoms with Crippen LogP contribution in [0.25, 0.3) is 27.6 Å². The van der Waals surface area contributed by atoms with Crippen LogP contribution in [0.2, 0.25) is 0 Å². The second-order valence-electron chi connectivity index (χ2n) is 14.7. The molecule has 2 amide bonds. The Morgan fingerprint density at radius 3 is 2.33 bits per heavy atom. The number of fused-ring (bicyclic) bond motifs is 2. The largest absolute Gasteiger partial charge is 0.451 e. The van der Waals surface area contributed by atoms with Crippen LogP contribution in [0.3, 0.4) is 0 Å². The molecule has 0 bridgehead atoms. The van der Waals surface area contributed by atoms with E-state index in [0.717, 1.165) is 65.2 Å². The Labute approximate surface area is 335 Å². The van der Waals surface area contributed by atoms with Crippen LogP contribution in [0, 0.1) is 20.8 Å². The van der Waals surface area contributed by atoms with Gasteiger partial charge in [0, 0.05) is 61.9 Å². The summed E-state index contributed by atoms with van der Waals surface area (Å²) in [7, 11) is 1.96. The van der Waals surface area contributed by atoms with Gasteiger partial charge in [-0.2, -0.15) is 5.10 Å². The number of amides is 2. The minimum atomic E-state index is -0.628. The molecule has 58 heavy (non-hydrogen) atoms. The van der Waals surface area contributed by atoms with Crippen LogP contribution < -0.4 is 16.1 Å². The van der Waals surface area contributed by atoms with E-state index in [-0.39, 0.29) is 22.7 Å². The number of aromatic nitrogens is 4. The molecule has 0 fully saturated rings. The van der Waals surface area contributed by atoms with Crippen molar-refractivity contribution in [2.45, 2.75) is 40.3 Å². The lowest BCUT2D eigenvalue weighted by Gasteiger charge is -2.23. The highest BCUT2D eigenvalue weighted by Crippen LogP contribution is 2.25. The monoisotopic (exact) mass is 769 g/mol. The van der Waals surface area contributed by atoms with Crippen LogP contribution in [0.5, 0.6) is 0 Å². The summed E-state index contributed by atoms with van der Waals surface area (Å²) >= 11 is 0. The van der Waals surface area contributed by atoms with Crippen molar-refractivity contribution in [3.05, 3.63) is 183 Å². The smallest absolute Gasteiger partial charge is 0.291 e. The summed E-state index contributed by atoms with van der Waals surface area (Å²) in [6.45, 7) is 8.13. The van der Waals surface area contributed by atoms with Gasteiger partial charge >= 0.3 is 0 Å². The number of aryl methyl sites for hydroxylation is 4. The van der Waals surface area contributed by atoms with Crippen LogP contribution >= 0.6 is 0 Å². The first-order valence-corrected chi connectivity index (χ1v) is 19.2. The number of nitrogens with one attached hydrogen (secondary N) is 2. The van der Waals surface area contributed by atoms with E-state index >= 15 is 0 Å². The molecule has 0 radical (unpaired) electrons. The summed E-state index contributed by atoms with van der Waals surface area (Å²) in [6, 6.07) is 34.4. The number of hydrogen-bond acceptors (Lipinski definition) is 7. The zero-order valence-corrected chi connectivity index (χ0v) is 32.8. The molecule has 0 aliphatic rings. The first-order chi connectivity index (χ1) is 28.1. The molecular formula is C47H43N7O4. The van der Waals surface area contributed by atoms with E-state index < -0.39 is 5.91 Å². The summed E-state index contributed by atoms with van der Waals surface area (Å²) in [4.78, 5) is 46.6. The lowest BCUT2D eigenvalue weighted by atomic mass is 10.0. The molecule has 5 aromatic carbocycles. The van der Waals surface area contributed by atoms with Gasteiger partial charge in [-0.1, -0.05) is 42.5 Å². The van der Waals surface area contributed by atoms with Gasteiger partial charge in [0.05, 0.1) is 28.4 Å². The van der Waals surface area contributed by atoms with Crippen LogP contribution in [0.15, 0.2) is 137 Å². The quantitative estimate of drug-likeness (QED) is 0.128. The van der Waals surface area contributed by atoms with Crippen molar-refractivity contribution in [3.63, 3.8) is 0 Å². The average molecular weight is 770 g/mol. The highest BCUT2D eigenvalue weighted by Gasteiger charge is 2.19. The van der Waals surface area contributed by atoms with Crippen molar-refractivity contribution in [2.75, 3.05) is 17.2 Å². The zero-order valence-electron chi connectivity index (χ0n) is 32.8. The molecule has 3 heterocycles. The molecule has 2 N–H and O–H groups in total. The normalized spacial score (nSPS) is 11.4. The van der Waals surface area contributed by atoms with Gasteiger partial charge in [-0.25, -0.2) is 4.98 Å². The van der Waals surface area contributed by atoms with E-state index in [1.54, 1.807) is 36.4 Å². The molecule has 0 spiro atoms. The van der Waals surface area contributed by atoms with Crippen molar-refractivity contribution < 1.29 is 14.0 Å². The van der Waals surface area contributed by atoms with E-state index in [4.69, 9.17) is 4.42 Å². The van der Waals surface area contributed by atoms with Crippen molar-refractivity contribution in [1.29, 1.82) is 0 Å². The van der Waals surface area contributed by atoms with Gasteiger partial charge in [0.25, 0.3) is 11.8 Å². The van der Waals surface area contributed by atoms with Gasteiger partial charge in [-0.05, 0) is 116 Å². The molecule has 0 aliphatic heterocycles. The van der Waals surface area contributed by atoms with Gasteiger partial charge in [0.15, 0.2) is 11.2 Å². The molecule has 0 unspecified atom stereocenters. The highest BCUT2D eigenvalue weighted by atomic mass is 16.3. The fourth-order valence-electron chi connectivity index (χ4n) is 7.24. The standard InChI is InChI=1S/C47H43N7O4/c1-30-22-40(41(23-31(30)2)51-47(57)45-26-43(55)39-10-5-6-11-44(39)58-45)46(56)50-37-15-12-33(13-16-37)18-20-53(29-35-14-17-42-36(24-35)27-49-52(42)4)28-34-8-7-9-38(25-34)54-21-19-48-32(54)3/h5-17,19,21-27H,18,20,28-29H2,1-4H3,(H,50,56)(H,51,57). The van der Waals surface area contributed by atoms with E-state index in [9.17, 15) is 14.4 Å². The van der Waals surface area contributed by atoms with Gasteiger partial charge < -0.3 is 19.6 Å². The highest BCUT2D eigenvalue weighted by molar-refractivity contribution is 6.12. The molecule has 11 heteroatoms. The molecule has 0 aliphatic carbocycles. The van der Waals surface area contributed by atoms with Crippen LogP contribution in [0.1, 0.15) is 54.6 Å². The van der Waals surface area contributed by atoms with E-state index in [1.165, 1.54) is 17.2 Å². The summed E-state index contributed by atoms with van der Waals surface area (Å²) in [5.74, 6) is -0.212. The van der Waals surface area contributed by atoms with Crippen LogP contribution in [-0.4, -0.2) is 42.6 Å². The van der Waals surface area contributed by atoms with E-state index in [0.29, 0.717) is 22.3 Å². The molecular weight excluding hydrogens is 727 g/mol. The number of anilines is 2. The third-order valence-electron chi connectivity index (χ3n) is 10.6. The molecule has 11 nitrogen and oxygen atoms in total. The summed E-state index contributed by atoms with van der Waals surface area (Å²) < 4.78 is 9.73. The van der Waals surface area contributed by atoms with E-state index in [1.807, 2.05) is 75.4 Å². The maximum Gasteiger partial charge on any atom is 0.291 e. The van der Waals surface area contributed by atoms with Gasteiger partial charge in [0.1, 0.15) is 11.4 Å². The van der Waals surface area contributed by atoms with Gasteiger partial charge in [0.2, 0.25) is 0 Å². The second kappa shape index (κ2) is 16.2. The number of benzene rings is 5. The average Bonchev–Trinajstić information content (AvgIpc) is 3.83. The lowest BCUT2D eigenvalue weighted by molar-refractivity contribution is 0.0997. The van der Waals surface area contributed by atoms with Crippen molar-refractivity contribution in [1.82, 2.24) is 24.2 Å². The summed E-state index contributed by atoms with van der Waals surface area (Å²) in [6.07, 6.45) is 6.50. The molecule has 8 aromatic rings. The summed E-state index contributed by atoms with van der Waals surface area (Å²) in [5, 5.41) is 11.7. The van der Waals surface area contributed by atoms with Gasteiger partial charge in [-0.15, -0.1) is 0 Å². The fourth-order valence-corrected chi connectivity index (χ4v) is 7.24. The minimum absolute atomic E-state index is 0.143. The number of carbonyl (C=O) groups is 2. The number of para-hydroxylation sites is 1. The minimum Gasteiger partial charge on any atom is -0.451 e. The Kier molecular flexibility index (Phi) is 10.5. The molecule has 0 saturated heterocycles. The van der Waals surface area contributed by atoms with Crippen LogP contribution in [-0.2, 0) is 26.6 Å². The Morgan fingerprint density at radius 2 is 1.53 bits per heavy atom. The Bertz CT molecular complexity index is 2870. The Balaban J connectivity index is 0.968. The number of rotatable bonds is 12. The van der Waals surface area contributed by atoms with Crippen LogP contribution in [0.4, 0.5) is 11.4 Å². The maximum absolute atomic E-state index is 13.7. The molecule has 0 saturated carbocycles. The number of nitrogens with zero attached hydrogens (tertiary/aromatic N) is 5. The number of hydrogen-bond donors (Lipinski definition) is 2. The lowest BCUT2D eigenvalue weighted by Crippen LogP contribution is -2.25. The topological polar surface area (TPSA) is 127 Å². The SMILES string of the molecule is Cc1cc(NC(=O)c2cc(=O)c3ccccc3o2)c(C(=O)Nc2ccc(CCN(Cc3cccc(-n4ccnc4C)c3)Cc3ccc4c(cnn4C)c3)cc2)cc1C. The maximum atomic E-state index is 13.7. The Morgan fingerprint density at radius 1 is 0.776 bits per heavy atom. The first kappa shape index (κ1) is 37.8. The number of carbonyl (C=O) groups excluding carboxylic acids is 2. The third kappa shape index (κ3) is 8.21. The van der Waals surface area contributed by atoms with E-state index in [2.05, 4.69) is 72.6 Å². The van der Waals surface area contributed by atoms with Gasteiger partial charge in [-0.3, -0.25) is 24.0 Å². The fraction of sp³-hybridized carbons (Fsp3) is 0.170. The second-order valence-corrected chi connectivity index (χ2v) is 14.7. The van der Waals surface area contributed by atoms with Crippen molar-refractivity contribution in [3.8, 4) is 5.69 Å². The molecule has 3 aromatic heterocycles. The predicted octanol–water partition coefficient (Wildman–Crippen LogP) is 8.54.